The fraction of sp³-hybridized carbons (Fsp3) is 0.400. The van der Waals surface area contributed by atoms with Crippen LogP contribution in [0.3, 0.4) is 0 Å². The Labute approximate surface area is 129 Å². The molecule has 2 rings (SSSR count). The summed E-state index contributed by atoms with van der Waals surface area (Å²) in [5, 5.41) is 9.25. The zero-order valence-electron chi connectivity index (χ0n) is 12.0. The van der Waals surface area contributed by atoms with Crippen molar-refractivity contribution in [3.8, 4) is 0 Å². The van der Waals surface area contributed by atoms with Gasteiger partial charge in [-0.15, -0.1) is 0 Å². The van der Waals surface area contributed by atoms with E-state index in [-0.39, 0.29) is 6.04 Å². The average molecular weight is 312 g/mol. The van der Waals surface area contributed by atoms with Crippen molar-refractivity contribution in [1.29, 1.82) is 0 Å². The summed E-state index contributed by atoms with van der Waals surface area (Å²) in [5.74, 6) is 0. The minimum absolute atomic E-state index is 0.0206. The third kappa shape index (κ3) is 3.00. The van der Waals surface area contributed by atoms with E-state index in [1.165, 1.54) is 5.56 Å². The van der Waals surface area contributed by atoms with Gasteiger partial charge in [-0.1, -0.05) is 36.2 Å². The van der Waals surface area contributed by atoms with Crippen LogP contribution in [-0.2, 0) is 6.54 Å². The highest BCUT2D eigenvalue weighted by Gasteiger charge is 2.22. The third-order valence-corrected chi connectivity index (χ3v) is 3.88. The molecule has 5 heteroatoms. The normalized spacial score (nSPS) is 12.7. The smallest absolute Gasteiger partial charge is 0.0837 e. The van der Waals surface area contributed by atoms with Gasteiger partial charge >= 0.3 is 0 Å². The van der Waals surface area contributed by atoms with Gasteiger partial charge in [0.1, 0.15) is 0 Å². The van der Waals surface area contributed by atoms with Gasteiger partial charge in [-0.05, 0) is 43.7 Å². The molecule has 1 unspecified atom stereocenters. The van der Waals surface area contributed by atoms with Gasteiger partial charge in [0.15, 0.2) is 0 Å². The summed E-state index contributed by atoms with van der Waals surface area (Å²) < 4.78 is 1.93. The highest BCUT2D eigenvalue weighted by molar-refractivity contribution is 6.31. The van der Waals surface area contributed by atoms with Crippen LogP contribution in [0.4, 0.5) is 0 Å². The molecule has 0 amide bonds. The van der Waals surface area contributed by atoms with Gasteiger partial charge in [0.2, 0.25) is 0 Å². The number of nitrogens with zero attached hydrogens (tertiary/aromatic N) is 2. The molecule has 0 aliphatic carbocycles. The van der Waals surface area contributed by atoms with Crippen molar-refractivity contribution in [2.75, 3.05) is 6.54 Å². The van der Waals surface area contributed by atoms with Crippen LogP contribution in [0.5, 0.6) is 0 Å². The van der Waals surface area contributed by atoms with Gasteiger partial charge in [0.25, 0.3) is 0 Å². The molecule has 0 saturated carbocycles. The van der Waals surface area contributed by atoms with Gasteiger partial charge in [-0.3, -0.25) is 4.68 Å². The Hall–Kier alpha value is -1.03. The van der Waals surface area contributed by atoms with Gasteiger partial charge in [0, 0.05) is 11.6 Å². The molecule has 1 aromatic carbocycles. The molecular weight excluding hydrogens is 293 g/mol. The Kier molecular flexibility index (Phi) is 5.08. The molecule has 2 aromatic rings. The van der Waals surface area contributed by atoms with Crippen LogP contribution in [0.15, 0.2) is 24.4 Å². The van der Waals surface area contributed by atoms with Crippen molar-refractivity contribution < 1.29 is 0 Å². The SMILES string of the molecule is CCNC(c1ccc(Cl)cc1C)c1c(Cl)cnn1CC. The molecule has 0 saturated heterocycles. The summed E-state index contributed by atoms with van der Waals surface area (Å²) in [4.78, 5) is 0. The lowest BCUT2D eigenvalue weighted by Gasteiger charge is -2.22. The van der Waals surface area contributed by atoms with Crippen molar-refractivity contribution >= 4 is 23.2 Å². The van der Waals surface area contributed by atoms with Crippen molar-refractivity contribution in [1.82, 2.24) is 15.1 Å². The van der Waals surface area contributed by atoms with E-state index in [1.807, 2.05) is 22.9 Å². The van der Waals surface area contributed by atoms with Crippen LogP contribution < -0.4 is 5.32 Å². The van der Waals surface area contributed by atoms with Crippen LogP contribution in [0, 0.1) is 6.92 Å². The third-order valence-electron chi connectivity index (χ3n) is 3.36. The Morgan fingerprint density at radius 3 is 2.65 bits per heavy atom. The monoisotopic (exact) mass is 311 g/mol. The second kappa shape index (κ2) is 6.61. The zero-order valence-corrected chi connectivity index (χ0v) is 13.5. The number of aromatic nitrogens is 2. The lowest BCUT2D eigenvalue weighted by Crippen LogP contribution is -2.25. The molecule has 1 heterocycles. The zero-order chi connectivity index (χ0) is 14.7. The fourth-order valence-corrected chi connectivity index (χ4v) is 2.91. The molecule has 1 aromatic heterocycles. The van der Waals surface area contributed by atoms with E-state index >= 15 is 0 Å². The van der Waals surface area contributed by atoms with Crippen molar-refractivity contribution in [3.63, 3.8) is 0 Å². The van der Waals surface area contributed by atoms with E-state index in [1.54, 1.807) is 6.20 Å². The largest absolute Gasteiger partial charge is 0.305 e. The molecule has 0 radical (unpaired) electrons. The first-order chi connectivity index (χ1) is 9.58. The van der Waals surface area contributed by atoms with Crippen LogP contribution in [0.2, 0.25) is 10.0 Å². The number of nitrogens with one attached hydrogen (secondary N) is 1. The predicted octanol–water partition coefficient (Wildman–Crippen LogP) is 4.22. The quantitative estimate of drug-likeness (QED) is 0.896. The van der Waals surface area contributed by atoms with Crippen molar-refractivity contribution in [3.05, 3.63) is 51.3 Å². The number of hydrogen-bond donors (Lipinski definition) is 1. The summed E-state index contributed by atoms with van der Waals surface area (Å²) in [7, 11) is 0. The number of hydrogen-bond acceptors (Lipinski definition) is 2. The Morgan fingerprint density at radius 2 is 2.05 bits per heavy atom. The number of aryl methyl sites for hydroxylation is 2. The highest BCUT2D eigenvalue weighted by Crippen LogP contribution is 2.31. The second-order valence-electron chi connectivity index (χ2n) is 4.69. The average Bonchev–Trinajstić information content (AvgIpc) is 2.78. The minimum atomic E-state index is 0.0206. The van der Waals surface area contributed by atoms with Gasteiger partial charge in [-0.2, -0.15) is 5.10 Å². The Morgan fingerprint density at radius 1 is 1.30 bits per heavy atom. The number of halogens is 2. The summed E-state index contributed by atoms with van der Waals surface area (Å²) in [6, 6.07) is 5.96. The maximum absolute atomic E-state index is 6.34. The lowest BCUT2D eigenvalue weighted by molar-refractivity contribution is 0.541. The minimum Gasteiger partial charge on any atom is -0.305 e. The molecule has 0 aliphatic heterocycles. The molecule has 108 valence electrons. The topological polar surface area (TPSA) is 29.9 Å². The predicted molar refractivity (Wildman–Crippen MR) is 84.6 cm³/mol. The summed E-state index contributed by atoms with van der Waals surface area (Å²) in [5.41, 5.74) is 3.32. The molecule has 1 atom stereocenters. The molecule has 0 spiro atoms. The van der Waals surface area contributed by atoms with E-state index in [9.17, 15) is 0 Å². The van der Waals surface area contributed by atoms with Gasteiger partial charge in [-0.25, -0.2) is 0 Å². The molecule has 20 heavy (non-hydrogen) atoms. The summed E-state index contributed by atoms with van der Waals surface area (Å²) in [6.07, 6.45) is 1.70. The number of benzene rings is 1. The van der Waals surface area contributed by atoms with E-state index in [4.69, 9.17) is 23.2 Å². The molecule has 0 fully saturated rings. The molecule has 3 nitrogen and oxygen atoms in total. The molecule has 0 aliphatic rings. The first-order valence-corrected chi connectivity index (χ1v) is 7.54. The first kappa shape index (κ1) is 15.4. The number of rotatable bonds is 5. The van der Waals surface area contributed by atoms with Crippen LogP contribution in [0.1, 0.15) is 36.7 Å². The highest BCUT2D eigenvalue weighted by atomic mass is 35.5. The van der Waals surface area contributed by atoms with Crippen LogP contribution in [0.25, 0.3) is 0 Å². The van der Waals surface area contributed by atoms with Crippen molar-refractivity contribution in [2.45, 2.75) is 33.4 Å². The van der Waals surface area contributed by atoms with Gasteiger partial charge < -0.3 is 5.32 Å². The van der Waals surface area contributed by atoms with Gasteiger partial charge in [0.05, 0.1) is 23.0 Å². The summed E-state index contributed by atoms with van der Waals surface area (Å²) in [6.45, 7) is 7.84. The fourth-order valence-electron chi connectivity index (χ4n) is 2.43. The summed E-state index contributed by atoms with van der Waals surface area (Å²) >= 11 is 12.4. The first-order valence-electron chi connectivity index (χ1n) is 6.79. The van der Waals surface area contributed by atoms with E-state index in [0.717, 1.165) is 29.4 Å². The Bertz CT molecular complexity index is 593. The standard InChI is InChI=1S/C15H19Cl2N3/c1-4-18-14(12-7-6-11(16)8-10(12)3)15-13(17)9-19-20(15)5-2/h6-9,14,18H,4-5H2,1-3H3. The Balaban J connectivity index is 2.53. The van der Waals surface area contributed by atoms with Crippen LogP contribution >= 0.6 is 23.2 Å². The molecular formula is C15H19Cl2N3. The van der Waals surface area contributed by atoms with E-state index in [0.29, 0.717) is 5.02 Å². The van der Waals surface area contributed by atoms with Crippen molar-refractivity contribution in [2.24, 2.45) is 0 Å². The van der Waals surface area contributed by atoms with E-state index < -0.39 is 0 Å². The second-order valence-corrected chi connectivity index (χ2v) is 5.53. The lowest BCUT2D eigenvalue weighted by atomic mass is 9.98. The maximum atomic E-state index is 6.34. The maximum Gasteiger partial charge on any atom is 0.0837 e. The molecule has 0 bridgehead atoms. The van der Waals surface area contributed by atoms with E-state index in [2.05, 4.69) is 31.2 Å². The van der Waals surface area contributed by atoms with Crippen LogP contribution in [-0.4, -0.2) is 16.3 Å². The molecule has 1 N–H and O–H groups in total.